The van der Waals surface area contributed by atoms with Crippen LogP contribution in [0.25, 0.3) is 10.9 Å². The lowest BCUT2D eigenvalue weighted by Gasteiger charge is -2.30. The zero-order chi connectivity index (χ0) is 23.7. The van der Waals surface area contributed by atoms with E-state index in [1.54, 1.807) is 17.0 Å². The van der Waals surface area contributed by atoms with Gasteiger partial charge in [0.05, 0.1) is 19.6 Å². The van der Waals surface area contributed by atoms with Crippen molar-refractivity contribution in [3.05, 3.63) is 65.1 Å². The normalized spacial score (nSPS) is 17.2. The lowest BCUT2D eigenvalue weighted by atomic mass is 9.96. The van der Waals surface area contributed by atoms with E-state index in [-0.39, 0.29) is 23.6 Å². The molecule has 0 bridgehead atoms. The van der Waals surface area contributed by atoms with Crippen LogP contribution in [0.5, 0.6) is 5.75 Å². The Morgan fingerprint density at radius 3 is 2.74 bits per heavy atom. The molecule has 34 heavy (non-hydrogen) atoms. The Morgan fingerprint density at radius 1 is 1.12 bits per heavy atom. The Morgan fingerprint density at radius 2 is 1.94 bits per heavy atom. The fourth-order valence-corrected chi connectivity index (χ4v) is 4.86. The van der Waals surface area contributed by atoms with Gasteiger partial charge in [-0.1, -0.05) is 6.07 Å². The van der Waals surface area contributed by atoms with E-state index >= 15 is 0 Å². The summed E-state index contributed by atoms with van der Waals surface area (Å²) in [6, 6.07) is 12.3. The van der Waals surface area contributed by atoms with Crippen molar-refractivity contribution in [3.8, 4) is 5.75 Å². The highest BCUT2D eigenvalue weighted by Crippen LogP contribution is 2.27. The number of benzene rings is 2. The van der Waals surface area contributed by atoms with Gasteiger partial charge in [-0.15, -0.1) is 0 Å². The number of H-pyrrole nitrogens is 1. The average molecular weight is 466 g/mol. The topological polar surface area (TPSA) is 74.9 Å². The largest absolute Gasteiger partial charge is 0.491 e. The van der Waals surface area contributed by atoms with E-state index in [1.165, 1.54) is 19.2 Å². The van der Waals surface area contributed by atoms with E-state index in [0.717, 1.165) is 54.9 Å². The van der Waals surface area contributed by atoms with Crippen LogP contribution in [-0.4, -0.2) is 60.0 Å². The number of methoxy groups -OCH3 is 1. The predicted octanol–water partition coefficient (Wildman–Crippen LogP) is 3.73. The molecule has 1 aromatic heterocycles. The quantitative estimate of drug-likeness (QED) is 0.595. The molecule has 5 rings (SSSR count). The minimum absolute atomic E-state index is 0.0117. The monoisotopic (exact) mass is 465 g/mol. The molecule has 0 spiro atoms. The van der Waals surface area contributed by atoms with Gasteiger partial charge < -0.3 is 19.4 Å². The number of rotatable bonds is 4. The number of hydrogen-bond donors (Lipinski definition) is 1. The smallest absolute Gasteiger partial charge is 0.308 e. The summed E-state index contributed by atoms with van der Waals surface area (Å²) in [4.78, 5) is 32.2. The summed E-state index contributed by atoms with van der Waals surface area (Å²) >= 11 is 0. The summed E-state index contributed by atoms with van der Waals surface area (Å²) in [5.74, 6) is 0.198. The Kier molecular flexibility index (Phi) is 6.24. The van der Waals surface area contributed by atoms with Gasteiger partial charge in [-0.25, -0.2) is 4.39 Å². The number of piperidine rings is 1. The molecule has 1 saturated heterocycles. The number of carbonyl (C=O) groups excluding carboxylic acids is 2. The van der Waals surface area contributed by atoms with Crippen LogP contribution in [-0.2, 0) is 22.6 Å². The highest BCUT2D eigenvalue weighted by Gasteiger charge is 2.26. The molecule has 0 saturated carbocycles. The second-order valence-electron chi connectivity index (χ2n) is 9.01. The number of esters is 1. The molecule has 2 aromatic carbocycles. The second kappa shape index (κ2) is 9.46. The van der Waals surface area contributed by atoms with E-state index in [2.05, 4.69) is 22.0 Å². The van der Waals surface area contributed by atoms with Crippen LogP contribution in [0.15, 0.2) is 42.5 Å². The van der Waals surface area contributed by atoms with Crippen LogP contribution < -0.4 is 4.74 Å². The number of carbonyl (C=O) groups is 2. The number of nitrogens with zero attached hydrogens (tertiary/aromatic N) is 2. The standard InChI is InChI=1S/C26H28FN3O4/c1-33-26(32)18-6-8-29(9-7-18)15-17-2-5-24-20(12-17)16-30(10-11-34-24)25(31)23-14-19-13-21(27)3-4-22(19)28-23/h2-5,12-14,18,28H,6-11,15-16H2,1H3. The molecular weight excluding hydrogens is 437 g/mol. The van der Waals surface area contributed by atoms with E-state index < -0.39 is 0 Å². The first kappa shape index (κ1) is 22.4. The molecule has 7 nitrogen and oxygen atoms in total. The molecule has 1 fully saturated rings. The molecule has 0 unspecified atom stereocenters. The maximum absolute atomic E-state index is 13.5. The summed E-state index contributed by atoms with van der Waals surface area (Å²) in [7, 11) is 1.44. The van der Waals surface area contributed by atoms with Gasteiger partial charge in [-0.2, -0.15) is 0 Å². The van der Waals surface area contributed by atoms with Gasteiger partial charge in [0, 0.05) is 29.6 Å². The molecule has 2 aliphatic rings. The van der Waals surface area contributed by atoms with Crippen molar-refractivity contribution in [1.82, 2.24) is 14.8 Å². The highest BCUT2D eigenvalue weighted by molar-refractivity contribution is 5.98. The Hall–Kier alpha value is -3.39. The molecular formula is C26H28FN3O4. The lowest BCUT2D eigenvalue weighted by molar-refractivity contribution is -0.147. The van der Waals surface area contributed by atoms with Crippen molar-refractivity contribution >= 4 is 22.8 Å². The molecule has 0 radical (unpaired) electrons. The SMILES string of the molecule is COC(=O)C1CCN(Cc2ccc3c(c2)CN(C(=O)c2cc4cc(F)ccc4[nH]2)CCO3)CC1. The molecule has 3 heterocycles. The van der Waals surface area contributed by atoms with Gasteiger partial charge >= 0.3 is 5.97 Å². The molecule has 1 amide bonds. The molecule has 0 aliphatic carbocycles. The molecule has 1 N–H and O–H groups in total. The van der Waals surface area contributed by atoms with Crippen molar-refractivity contribution in [1.29, 1.82) is 0 Å². The number of likely N-dealkylation sites (tertiary alicyclic amines) is 1. The van der Waals surface area contributed by atoms with Gasteiger partial charge in [0.25, 0.3) is 5.91 Å². The Balaban J connectivity index is 1.28. The zero-order valence-electron chi connectivity index (χ0n) is 19.2. The van der Waals surface area contributed by atoms with Crippen LogP contribution in [0.1, 0.15) is 34.5 Å². The average Bonchev–Trinajstić information content (AvgIpc) is 3.15. The summed E-state index contributed by atoms with van der Waals surface area (Å²) in [6.45, 7) is 3.79. The first-order valence-corrected chi connectivity index (χ1v) is 11.6. The summed E-state index contributed by atoms with van der Waals surface area (Å²) in [5.41, 5.74) is 3.28. The molecule has 0 atom stereocenters. The first-order valence-electron chi connectivity index (χ1n) is 11.6. The number of hydrogen-bond acceptors (Lipinski definition) is 5. The summed E-state index contributed by atoms with van der Waals surface area (Å²) < 4.78 is 24.3. The number of nitrogens with one attached hydrogen (secondary N) is 1. The van der Waals surface area contributed by atoms with Crippen LogP contribution in [0.4, 0.5) is 4.39 Å². The van der Waals surface area contributed by atoms with Gasteiger partial charge in [0.2, 0.25) is 0 Å². The minimum atomic E-state index is -0.329. The fraction of sp³-hybridized carbons (Fsp3) is 0.385. The van der Waals surface area contributed by atoms with Gasteiger partial charge in [-0.05, 0) is 67.9 Å². The molecule has 2 aliphatic heterocycles. The van der Waals surface area contributed by atoms with E-state index in [4.69, 9.17) is 9.47 Å². The number of fused-ring (bicyclic) bond motifs is 2. The van der Waals surface area contributed by atoms with Gasteiger partial charge in [0.1, 0.15) is 23.9 Å². The maximum Gasteiger partial charge on any atom is 0.308 e. The Bertz CT molecular complexity index is 1220. The van der Waals surface area contributed by atoms with Crippen molar-refractivity contribution in [2.24, 2.45) is 5.92 Å². The number of halogens is 1. The summed E-state index contributed by atoms with van der Waals surface area (Å²) in [5, 5.41) is 0.674. The predicted molar refractivity (Wildman–Crippen MR) is 125 cm³/mol. The zero-order valence-corrected chi connectivity index (χ0v) is 19.2. The minimum Gasteiger partial charge on any atom is -0.491 e. The third-order valence-electron chi connectivity index (χ3n) is 6.73. The van der Waals surface area contributed by atoms with Crippen molar-refractivity contribution in [2.75, 3.05) is 33.4 Å². The van der Waals surface area contributed by atoms with E-state index in [1.807, 2.05) is 6.07 Å². The van der Waals surface area contributed by atoms with Crippen LogP contribution >= 0.6 is 0 Å². The molecule has 3 aromatic rings. The second-order valence-corrected chi connectivity index (χ2v) is 9.01. The Labute approximate surface area is 197 Å². The number of aromatic nitrogens is 1. The fourth-order valence-electron chi connectivity index (χ4n) is 4.86. The number of ether oxygens (including phenoxy) is 2. The van der Waals surface area contributed by atoms with Crippen molar-refractivity contribution in [2.45, 2.75) is 25.9 Å². The third-order valence-corrected chi connectivity index (χ3v) is 6.73. The van der Waals surface area contributed by atoms with Crippen molar-refractivity contribution < 1.29 is 23.5 Å². The van der Waals surface area contributed by atoms with Crippen molar-refractivity contribution in [3.63, 3.8) is 0 Å². The van der Waals surface area contributed by atoms with Crippen LogP contribution in [0.3, 0.4) is 0 Å². The van der Waals surface area contributed by atoms with E-state index in [9.17, 15) is 14.0 Å². The van der Waals surface area contributed by atoms with Crippen LogP contribution in [0.2, 0.25) is 0 Å². The highest BCUT2D eigenvalue weighted by atomic mass is 19.1. The number of amides is 1. The van der Waals surface area contributed by atoms with Gasteiger partial charge in [-0.3, -0.25) is 14.5 Å². The third kappa shape index (κ3) is 4.63. The maximum atomic E-state index is 13.5. The van der Waals surface area contributed by atoms with Gasteiger partial charge in [0.15, 0.2) is 0 Å². The molecule has 178 valence electrons. The number of aromatic amines is 1. The molecule has 8 heteroatoms. The first-order chi connectivity index (χ1) is 16.5. The lowest BCUT2D eigenvalue weighted by Crippen LogP contribution is -2.36. The van der Waals surface area contributed by atoms with E-state index in [0.29, 0.717) is 30.8 Å². The van der Waals surface area contributed by atoms with Crippen LogP contribution in [0, 0.1) is 11.7 Å². The summed E-state index contributed by atoms with van der Waals surface area (Å²) in [6.07, 6.45) is 1.61.